The molecule has 2 fully saturated rings. The van der Waals surface area contributed by atoms with Gasteiger partial charge in [-0.1, -0.05) is 6.07 Å². The first kappa shape index (κ1) is 18.1. The molecule has 2 aliphatic rings. The van der Waals surface area contributed by atoms with E-state index in [1.807, 2.05) is 23.6 Å². The molecule has 0 bridgehead atoms. The van der Waals surface area contributed by atoms with E-state index in [2.05, 4.69) is 34.3 Å². The quantitative estimate of drug-likeness (QED) is 0.687. The zero-order valence-electron chi connectivity index (χ0n) is 15.5. The maximum absolute atomic E-state index is 6.20. The Balaban J connectivity index is 1.18. The van der Waals surface area contributed by atoms with Crippen LogP contribution < -0.4 is 0 Å². The third-order valence-electron chi connectivity index (χ3n) is 5.62. The third kappa shape index (κ3) is 4.34. The van der Waals surface area contributed by atoms with E-state index in [0.717, 1.165) is 50.8 Å². The maximum atomic E-state index is 6.20. The molecule has 2 aromatic heterocycles. The van der Waals surface area contributed by atoms with Crippen LogP contribution in [0.25, 0.3) is 0 Å². The highest BCUT2D eigenvalue weighted by Crippen LogP contribution is 2.39. The summed E-state index contributed by atoms with van der Waals surface area (Å²) >= 11 is 1.87. The summed E-state index contributed by atoms with van der Waals surface area (Å²) in [7, 11) is 0. The van der Waals surface area contributed by atoms with Gasteiger partial charge in [0.05, 0.1) is 12.2 Å². The van der Waals surface area contributed by atoms with Crippen LogP contribution in [0.3, 0.4) is 0 Å². The van der Waals surface area contributed by atoms with Crippen molar-refractivity contribution >= 4 is 11.3 Å². The average molecular weight is 373 g/mol. The van der Waals surface area contributed by atoms with E-state index in [1.54, 1.807) is 6.20 Å². The first-order chi connectivity index (χ1) is 12.7. The van der Waals surface area contributed by atoms with E-state index < -0.39 is 0 Å². The summed E-state index contributed by atoms with van der Waals surface area (Å²) in [5, 5.41) is 2.19. The summed E-state index contributed by atoms with van der Waals surface area (Å²) in [5.74, 6) is 0.725. The summed E-state index contributed by atoms with van der Waals surface area (Å²) in [6, 6.07) is 6.24. The molecule has 0 unspecified atom stereocenters. The Morgan fingerprint density at radius 1 is 1.38 bits per heavy atom. The molecular weight excluding hydrogens is 344 g/mol. The molecular formula is C21H28N2O2S. The molecule has 2 aliphatic heterocycles. The van der Waals surface area contributed by atoms with Crippen LogP contribution in [0.5, 0.6) is 0 Å². The van der Waals surface area contributed by atoms with Crippen LogP contribution in [0, 0.1) is 12.8 Å². The number of pyridine rings is 1. The topological polar surface area (TPSA) is 34.6 Å². The molecule has 0 radical (unpaired) electrons. The van der Waals surface area contributed by atoms with Gasteiger partial charge in [-0.3, -0.25) is 9.88 Å². The van der Waals surface area contributed by atoms with E-state index in [0.29, 0.717) is 6.61 Å². The van der Waals surface area contributed by atoms with Gasteiger partial charge >= 0.3 is 0 Å². The number of aromatic nitrogens is 1. The second-order valence-electron chi connectivity index (χ2n) is 7.76. The van der Waals surface area contributed by atoms with Crippen molar-refractivity contribution in [2.24, 2.45) is 5.92 Å². The largest absolute Gasteiger partial charge is 0.377 e. The molecule has 2 saturated heterocycles. The van der Waals surface area contributed by atoms with E-state index in [1.165, 1.54) is 23.3 Å². The second kappa shape index (κ2) is 8.17. The van der Waals surface area contributed by atoms with Crippen molar-refractivity contribution in [2.45, 2.75) is 44.9 Å². The Morgan fingerprint density at radius 3 is 3.08 bits per heavy atom. The molecule has 0 amide bonds. The number of nitrogens with zero attached hydrogens (tertiary/aromatic N) is 2. The fourth-order valence-electron chi connectivity index (χ4n) is 4.17. The Morgan fingerprint density at radius 2 is 2.31 bits per heavy atom. The number of hydrogen-bond donors (Lipinski definition) is 0. The molecule has 0 saturated carbocycles. The smallest absolute Gasteiger partial charge is 0.0937 e. The summed E-state index contributed by atoms with van der Waals surface area (Å²) in [5.41, 5.74) is 2.68. The minimum atomic E-state index is 0.109. The fourth-order valence-corrected chi connectivity index (χ4v) is 5.12. The zero-order chi connectivity index (χ0) is 17.8. The predicted octanol–water partition coefficient (Wildman–Crippen LogP) is 4.04. The molecule has 0 aromatic carbocycles. The van der Waals surface area contributed by atoms with E-state index >= 15 is 0 Å². The van der Waals surface area contributed by atoms with Crippen LogP contribution in [0.4, 0.5) is 0 Å². The summed E-state index contributed by atoms with van der Waals surface area (Å²) < 4.78 is 12.1. The number of likely N-dealkylation sites (tertiary alicyclic amines) is 1. The zero-order valence-corrected chi connectivity index (χ0v) is 16.3. The first-order valence-corrected chi connectivity index (χ1v) is 10.5. The molecule has 4 nitrogen and oxygen atoms in total. The first-order valence-electron chi connectivity index (χ1n) is 9.58. The van der Waals surface area contributed by atoms with Crippen LogP contribution in [0.2, 0.25) is 0 Å². The van der Waals surface area contributed by atoms with Crippen molar-refractivity contribution in [3.63, 3.8) is 0 Å². The minimum absolute atomic E-state index is 0.109. The standard InChI is InChI=1S/C21H28N2O2S/c1-17-6-10-26-20(17)13-23-15-21(16-23)11-18(5-9-25-21)4-8-24-14-19-3-2-7-22-12-19/h2-3,6-7,10,12,18H,4-5,8-9,11,13-16H2,1H3/t18-/m1/s1. The van der Waals surface area contributed by atoms with Crippen LogP contribution in [-0.4, -0.2) is 41.8 Å². The van der Waals surface area contributed by atoms with Gasteiger partial charge in [0.25, 0.3) is 0 Å². The van der Waals surface area contributed by atoms with Crippen molar-refractivity contribution in [3.8, 4) is 0 Å². The highest BCUT2D eigenvalue weighted by atomic mass is 32.1. The van der Waals surface area contributed by atoms with Crippen molar-refractivity contribution in [2.75, 3.05) is 26.3 Å². The molecule has 0 aliphatic carbocycles. The van der Waals surface area contributed by atoms with Crippen LogP contribution in [-0.2, 0) is 22.6 Å². The molecule has 2 aromatic rings. The van der Waals surface area contributed by atoms with E-state index in [9.17, 15) is 0 Å². The Bertz CT molecular complexity index is 697. The molecule has 26 heavy (non-hydrogen) atoms. The highest BCUT2D eigenvalue weighted by molar-refractivity contribution is 7.10. The Kier molecular flexibility index (Phi) is 5.69. The monoisotopic (exact) mass is 372 g/mol. The SMILES string of the molecule is Cc1ccsc1CN1CC2(C[C@H](CCOCc3cccnc3)CCO2)C1. The lowest BCUT2D eigenvalue weighted by Crippen LogP contribution is -2.64. The van der Waals surface area contributed by atoms with Crippen LogP contribution >= 0.6 is 11.3 Å². The lowest BCUT2D eigenvalue weighted by atomic mass is 9.79. The third-order valence-corrected chi connectivity index (χ3v) is 6.62. The van der Waals surface area contributed by atoms with Crippen LogP contribution in [0.1, 0.15) is 35.3 Å². The molecule has 4 rings (SSSR count). The van der Waals surface area contributed by atoms with Gasteiger partial charge in [0.2, 0.25) is 0 Å². The fraction of sp³-hybridized carbons (Fsp3) is 0.571. The van der Waals surface area contributed by atoms with Gasteiger partial charge in [0.15, 0.2) is 0 Å². The number of ether oxygens (including phenoxy) is 2. The number of hydrogen-bond acceptors (Lipinski definition) is 5. The van der Waals surface area contributed by atoms with Gasteiger partial charge in [0.1, 0.15) is 0 Å². The van der Waals surface area contributed by atoms with Gasteiger partial charge in [-0.25, -0.2) is 0 Å². The number of thiophene rings is 1. The van der Waals surface area contributed by atoms with Crippen molar-refractivity contribution in [1.29, 1.82) is 0 Å². The summed E-state index contributed by atoms with van der Waals surface area (Å²) in [4.78, 5) is 8.15. The van der Waals surface area contributed by atoms with Crippen molar-refractivity contribution in [1.82, 2.24) is 9.88 Å². The maximum Gasteiger partial charge on any atom is 0.0937 e. The molecule has 4 heterocycles. The van der Waals surface area contributed by atoms with E-state index in [-0.39, 0.29) is 5.60 Å². The molecule has 5 heteroatoms. The van der Waals surface area contributed by atoms with Crippen molar-refractivity contribution in [3.05, 3.63) is 52.0 Å². The average Bonchev–Trinajstić information content (AvgIpc) is 3.04. The second-order valence-corrected chi connectivity index (χ2v) is 8.77. The van der Waals surface area contributed by atoms with Gasteiger partial charge in [-0.05, 0) is 60.7 Å². The van der Waals surface area contributed by atoms with Gasteiger partial charge in [-0.15, -0.1) is 11.3 Å². The summed E-state index contributed by atoms with van der Waals surface area (Å²) in [6.07, 6.45) is 7.16. The van der Waals surface area contributed by atoms with Gasteiger partial charge in [-0.2, -0.15) is 0 Å². The molecule has 1 atom stereocenters. The molecule has 140 valence electrons. The van der Waals surface area contributed by atoms with Crippen molar-refractivity contribution < 1.29 is 9.47 Å². The van der Waals surface area contributed by atoms with Gasteiger partial charge in [0, 0.05) is 50.1 Å². The minimum Gasteiger partial charge on any atom is -0.377 e. The van der Waals surface area contributed by atoms with E-state index in [4.69, 9.17) is 9.47 Å². The lowest BCUT2D eigenvalue weighted by Gasteiger charge is -2.53. The predicted molar refractivity (Wildman–Crippen MR) is 104 cm³/mol. The Hall–Kier alpha value is -1.27. The lowest BCUT2D eigenvalue weighted by molar-refractivity contribution is -0.182. The highest BCUT2D eigenvalue weighted by Gasteiger charge is 2.47. The number of aryl methyl sites for hydroxylation is 1. The molecule has 0 N–H and O–H groups in total. The summed E-state index contributed by atoms with van der Waals surface area (Å²) in [6.45, 7) is 7.84. The normalized spacial score (nSPS) is 22.4. The van der Waals surface area contributed by atoms with Gasteiger partial charge < -0.3 is 9.47 Å². The Labute approximate surface area is 160 Å². The van der Waals surface area contributed by atoms with Crippen LogP contribution in [0.15, 0.2) is 36.0 Å². The molecule has 1 spiro atoms. The number of rotatable bonds is 7.